The van der Waals surface area contributed by atoms with Gasteiger partial charge in [0.15, 0.2) is 11.8 Å². The van der Waals surface area contributed by atoms with E-state index in [0.717, 1.165) is 22.3 Å². The Morgan fingerprint density at radius 1 is 1.11 bits per heavy atom. The second-order valence-electron chi connectivity index (χ2n) is 8.49. The Balaban J connectivity index is 1.21. The van der Waals surface area contributed by atoms with Crippen LogP contribution in [0.15, 0.2) is 54.6 Å². The number of alkyl carbamates (subject to hydrolysis) is 1. The van der Waals surface area contributed by atoms with Crippen LogP contribution in [0.4, 0.5) is 10.6 Å². The molecule has 2 heterocycles. The maximum atomic E-state index is 12.8. The molecule has 5 rings (SSSR count). The number of carbonyl (C=O) groups is 3. The van der Waals surface area contributed by atoms with Crippen LogP contribution in [0.5, 0.6) is 0 Å². The van der Waals surface area contributed by atoms with Gasteiger partial charge in [-0.2, -0.15) is 5.10 Å². The van der Waals surface area contributed by atoms with Crippen LogP contribution in [0, 0.1) is 0 Å². The van der Waals surface area contributed by atoms with Gasteiger partial charge >= 0.3 is 12.1 Å². The summed E-state index contributed by atoms with van der Waals surface area (Å²) in [6.07, 6.45) is -1.14. The van der Waals surface area contributed by atoms with Gasteiger partial charge in [0.2, 0.25) is 0 Å². The SMILES string of the molecule is Cn1nc(C(=O)O)cc1NC(=O)[C@@H]1OCC[C@@H]1NC(=O)OCC1c2ccccc2-c2ccccc21. The van der Waals surface area contributed by atoms with Gasteiger partial charge in [0.05, 0.1) is 6.04 Å². The molecule has 2 atom stereocenters. The second-order valence-corrected chi connectivity index (χ2v) is 8.49. The summed E-state index contributed by atoms with van der Waals surface area (Å²) in [4.78, 5) is 36.5. The number of carboxylic acid groups (broad SMARTS) is 1. The fourth-order valence-electron chi connectivity index (χ4n) is 4.67. The van der Waals surface area contributed by atoms with Crippen molar-refractivity contribution in [2.45, 2.75) is 24.5 Å². The summed E-state index contributed by atoms with van der Waals surface area (Å²) in [6, 6.07) is 16.8. The summed E-state index contributed by atoms with van der Waals surface area (Å²) in [5, 5.41) is 18.2. The number of hydrogen-bond donors (Lipinski definition) is 3. The molecular weight excluding hydrogens is 452 g/mol. The molecule has 1 aliphatic carbocycles. The highest BCUT2D eigenvalue weighted by Gasteiger charge is 2.37. The number of fused-ring (bicyclic) bond motifs is 3. The van der Waals surface area contributed by atoms with Crippen LogP contribution in [0.2, 0.25) is 0 Å². The second kappa shape index (κ2) is 9.22. The fraction of sp³-hybridized carbons (Fsp3) is 0.280. The van der Waals surface area contributed by atoms with E-state index in [0.29, 0.717) is 6.42 Å². The Morgan fingerprint density at radius 2 is 1.77 bits per heavy atom. The number of anilines is 1. The third-order valence-electron chi connectivity index (χ3n) is 6.35. The van der Waals surface area contributed by atoms with Crippen molar-refractivity contribution in [2.75, 3.05) is 18.5 Å². The molecule has 10 heteroatoms. The monoisotopic (exact) mass is 476 g/mol. The molecule has 0 radical (unpaired) electrons. The highest BCUT2D eigenvalue weighted by molar-refractivity contribution is 5.96. The predicted molar refractivity (Wildman–Crippen MR) is 125 cm³/mol. The number of carbonyl (C=O) groups excluding carboxylic acids is 2. The van der Waals surface area contributed by atoms with Crippen molar-refractivity contribution in [1.29, 1.82) is 0 Å². The molecule has 10 nitrogen and oxygen atoms in total. The van der Waals surface area contributed by atoms with Gasteiger partial charge in [-0.1, -0.05) is 48.5 Å². The molecule has 2 aromatic carbocycles. The lowest BCUT2D eigenvalue weighted by Gasteiger charge is -2.20. The van der Waals surface area contributed by atoms with Crippen LogP contribution < -0.4 is 10.6 Å². The Kier molecular flexibility index (Phi) is 5.96. The van der Waals surface area contributed by atoms with Gasteiger partial charge in [0.1, 0.15) is 12.4 Å². The lowest BCUT2D eigenvalue weighted by Crippen LogP contribution is -2.46. The topological polar surface area (TPSA) is 132 Å². The van der Waals surface area contributed by atoms with E-state index in [1.165, 1.54) is 17.8 Å². The Labute approximate surface area is 200 Å². The van der Waals surface area contributed by atoms with E-state index in [4.69, 9.17) is 14.6 Å². The Hall–Kier alpha value is -4.18. The van der Waals surface area contributed by atoms with Crippen LogP contribution in [0.1, 0.15) is 34.0 Å². The molecule has 2 aliphatic rings. The first-order valence-electron chi connectivity index (χ1n) is 11.2. The number of rotatable bonds is 6. The van der Waals surface area contributed by atoms with Crippen molar-refractivity contribution in [3.05, 3.63) is 71.4 Å². The number of aromatic nitrogens is 2. The summed E-state index contributed by atoms with van der Waals surface area (Å²) in [5.41, 5.74) is 4.31. The van der Waals surface area contributed by atoms with Crippen molar-refractivity contribution >= 4 is 23.8 Å². The number of benzene rings is 2. The van der Waals surface area contributed by atoms with E-state index < -0.39 is 30.1 Å². The fourth-order valence-corrected chi connectivity index (χ4v) is 4.67. The van der Waals surface area contributed by atoms with Gasteiger partial charge in [-0.25, -0.2) is 9.59 Å². The highest BCUT2D eigenvalue weighted by atomic mass is 16.6. The first kappa shape index (κ1) is 22.6. The normalized spacial score (nSPS) is 18.5. The highest BCUT2D eigenvalue weighted by Crippen LogP contribution is 2.44. The summed E-state index contributed by atoms with van der Waals surface area (Å²) in [7, 11) is 1.52. The van der Waals surface area contributed by atoms with E-state index in [2.05, 4.69) is 27.9 Å². The molecule has 180 valence electrons. The number of amides is 2. The van der Waals surface area contributed by atoms with Gasteiger partial charge < -0.3 is 25.2 Å². The minimum Gasteiger partial charge on any atom is -0.476 e. The molecule has 3 aromatic rings. The quantitative estimate of drug-likeness (QED) is 0.498. The lowest BCUT2D eigenvalue weighted by atomic mass is 9.98. The van der Waals surface area contributed by atoms with Gasteiger partial charge in [0.25, 0.3) is 5.91 Å². The lowest BCUT2D eigenvalue weighted by molar-refractivity contribution is -0.125. The molecule has 1 aromatic heterocycles. The average Bonchev–Trinajstić information content (AvgIpc) is 3.54. The summed E-state index contributed by atoms with van der Waals surface area (Å²) < 4.78 is 12.4. The molecule has 2 amide bonds. The third kappa shape index (κ3) is 4.35. The van der Waals surface area contributed by atoms with Crippen LogP contribution in [0.3, 0.4) is 0 Å². The van der Waals surface area contributed by atoms with Gasteiger partial charge in [-0.15, -0.1) is 0 Å². The number of carboxylic acids is 1. The van der Waals surface area contributed by atoms with Gasteiger partial charge in [-0.3, -0.25) is 9.48 Å². The third-order valence-corrected chi connectivity index (χ3v) is 6.35. The molecule has 3 N–H and O–H groups in total. The predicted octanol–water partition coefficient (Wildman–Crippen LogP) is 2.75. The van der Waals surface area contributed by atoms with E-state index in [9.17, 15) is 14.4 Å². The van der Waals surface area contributed by atoms with Gasteiger partial charge in [0, 0.05) is 25.6 Å². The zero-order valence-electron chi connectivity index (χ0n) is 18.9. The smallest absolute Gasteiger partial charge is 0.407 e. The van der Waals surface area contributed by atoms with Crippen molar-refractivity contribution in [3.8, 4) is 11.1 Å². The zero-order chi connectivity index (χ0) is 24.5. The van der Waals surface area contributed by atoms with Crippen molar-refractivity contribution < 1.29 is 29.0 Å². The number of nitrogens with one attached hydrogen (secondary N) is 2. The van der Waals surface area contributed by atoms with Crippen molar-refractivity contribution in [2.24, 2.45) is 7.05 Å². The molecular formula is C25H24N4O6. The first-order chi connectivity index (χ1) is 16.9. The Morgan fingerprint density at radius 3 is 2.40 bits per heavy atom. The van der Waals surface area contributed by atoms with Crippen LogP contribution >= 0.6 is 0 Å². The maximum absolute atomic E-state index is 12.8. The molecule has 35 heavy (non-hydrogen) atoms. The molecule has 0 bridgehead atoms. The molecule has 1 fully saturated rings. The van der Waals surface area contributed by atoms with Crippen LogP contribution in [0.25, 0.3) is 11.1 Å². The van der Waals surface area contributed by atoms with Crippen LogP contribution in [-0.4, -0.2) is 58.2 Å². The minimum atomic E-state index is -1.20. The van der Waals surface area contributed by atoms with E-state index in [1.807, 2.05) is 36.4 Å². The number of ether oxygens (including phenoxy) is 2. The molecule has 0 unspecified atom stereocenters. The van der Waals surface area contributed by atoms with Crippen molar-refractivity contribution in [3.63, 3.8) is 0 Å². The van der Waals surface area contributed by atoms with E-state index in [-0.39, 0.29) is 30.6 Å². The maximum Gasteiger partial charge on any atom is 0.407 e. The molecule has 0 saturated carbocycles. The minimum absolute atomic E-state index is 0.0691. The largest absolute Gasteiger partial charge is 0.476 e. The number of nitrogens with zero attached hydrogens (tertiary/aromatic N) is 2. The number of hydrogen-bond acceptors (Lipinski definition) is 6. The van der Waals surface area contributed by atoms with Gasteiger partial charge in [-0.05, 0) is 28.7 Å². The standard InChI is InChI=1S/C25H24N4O6/c1-29-21(12-20(28-29)24(31)32)27-23(30)22-19(10-11-34-22)26-25(33)35-13-18-16-8-4-2-6-14(16)15-7-3-5-9-17(15)18/h2-9,12,18-19,22H,10-11,13H2,1H3,(H,26,33)(H,27,30)(H,31,32)/t19-,22+/m0/s1. The Bertz CT molecular complexity index is 1260. The first-order valence-corrected chi connectivity index (χ1v) is 11.2. The van der Waals surface area contributed by atoms with E-state index >= 15 is 0 Å². The van der Waals surface area contributed by atoms with E-state index in [1.54, 1.807) is 0 Å². The summed E-state index contributed by atoms with van der Waals surface area (Å²) >= 11 is 0. The molecule has 1 aliphatic heterocycles. The van der Waals surface area contributed by atoms with Crippen molar-refractivity contribution in [1.82, 2.24) is 15.1 Å². The average molecular weight is 476 g/mol. The van der Waals surface area contributed by atoms with Crippen LogP contribution in [-0.2, 0) is 21.3 Å². The molecule has 0 spiro atoms. The summed E-state index contributed by atoms with van der Waals surface area (Å²) in [5.74, 6) is -1.57. The number of aryl methyl sites for hydroxylation is 1. The number of aromatic carboxylic acids is 1. The molecule has 1 saturated heterocycles. The summed E-state index contributed by atoms with van der Waals surface area (Å²) in [6.45, 7) is 0.454. The zero-order valence-corrected chi connectivity index (χ0v) is 18.9.